The van der Waals surface area contributed by atoms with E-state index in [1.165, 1.54) is 11.8 Å². The molecule has 154 valence electrons. The maximum absolute atomic E-state index is 12.2. The first kappa shape index (κ1) is 20.0. The molecule has 1 amide bonds. The monoisotopic (exact) mass is 410 g/mol. The van der Waals surface area contributed by atoms with Crippen LogP contribution in [0.3, 0.4) is 0 Å². The van der Waals surface area contributed by atoms with E-state index >= 15 is 0 Å². The predicted octanol–water partition coefficient (Wildman–Crippen LogP) is 5.23. The minimum atomic E-state index is -0.206. The topological polar surface area (TPSA) is 91.8 Å². The molecule has 7 nitrogen and oxygen atoms in total. The molecule has 7 heteroatoms. The van der Waals surface area contributed by atoms with E-state index in [1.54, 1.807) is 18.3 Å². The lowest BCUT2D eigenvalue weighted by Gasteiger charge is -2.11. The number of nitrogens with one attached hydrogen (secondary N) is 3. The lowest BCUT2D eigenvalue weighted by molar-refractivity contribution is 0.102. The Morgan fingerprint density at radius 3 is 2.19 bits per heavy atom. The molecule has 0 unspecified atom stereocenters. The van der Waals surface area contributed by atoms with Crippen LogP contribution in [0, 0.1) is 13.8 Å². The van der Waals surface area contributed by atoms with Crippen LogP contribution in [0.5, 0.6) is 0 Å². The standard InChI is InChI=1S/C24H22N6O/c1-16-5-7-19(8-6-16)27-22-14-17(2)26-24(30-22)29-21-11-9-20(10-12-21)28-23(31)18-4-3-13-25-15-18/h3-15H,1-2H3,(H,28,31)(H2,26,27,29,30). The van der Waals surface area contributed by atoms with Gasteiger partial charge in [0.2, 0.25) is 5.95 Å². The summed E-state index contributed by atoms with van der Waals surface area (Å²) in [6.07, 6.45) is 3.16. The van der Waals surface area contributed by atoms with Crippen molar-refractivity contribution in [3.05, 3.63) is 95.9 Å². The predicted molar refractivity (Wildman–Crippen MR) is 123 cm³/mol. The molecule has 4 aromatic rings. The fourth-order valence-electron chi connectivity index (χ4n) is 2.94. The van der Waals surface area contributed by atoms with Crippen LogP contribution in [0.15, 0.2) is 79.1 Å². The third kappa shape index (κ3) is 5.42. The number of aromatic nitrogens is 3. The highest BCUT2D eigenvalue weighted by atomic mass is 16.1. The molecule has 2 aromatic carbocycles. The first-order valence-electron chi connectivity index (χ1n) is 9.83. The normalized spacial score (nSPS) is 10.4. The number of rotatable bonds is 6. The highest BCUT2D eigenvalue weighted by Crippen LogP contribution is 2.21. The largest absolute Gasteiger partial charge is 0.340 e. The van der Waals surface area contributed by atoms with Crippen LogP contribution in [0.2, 0.25) is 0 Å². The average molecular weight is 410 g/mol. The van der Waals surface area contributed by atoms with Crippen molar-refractivity contribution in [2.45, 2.75) is 13.8 Å². The zero-order valence-corrected chi connectivity index (χ0v) is 17.3. The van der Waals surface area contributed by atoms with Gasteiger partial charge in [-0.3, -0.25) is 9.78 Å². The second-order valence-corrected chi connectivity index (χ2v) is 7.11. The van der Waals surface area contributed by atoms with Gasteiger partial charge in [0, 0.05) is 41.2 Å². The number of aryl methyl sites for hydroxylation is 2. The van der Waals surface area contributed by atoms with Crippen molar-refractivity contribution in [2.24, 2.45) is 0 Å². The number of benzene rings is 2. The summed E-state index contributed by atoms with van der Waals surface area (Å²) in [5, 5.41) is 9.36. The summed E-state index contributed by atoms with van der Waals surface area (Å²) in [5.74, 6) is 0.989. The number of amides is 1. The van der Waals surface area contributed by atoms with Crippen molar-refractivity contribution in [2.75, 3.05) is 16.0 Å². The molecule has 0 saturated carbocycles. The molecular weight excluding hydrogens is 388 g/mol. The highest BCUT2D eigenvalue weighted by Gasteiger charge is 2.07. The summed E-state index contributed by atoms with van der Waals surface area (Å²) in [4.78, 5) is 25.2. The third-order valence-corrected chi connectivity index (χ3v) is 4.50. The maximum atomic E-state index is 12.2. The second kappa shape index (κ2) is 9.04. The van der Waals surface area contributed by atoms with Gasteiger partial charge < -0.3 is 16.0 Å². The Morgan fingerprint density at radius 2 is 1.48 bits per heavy atom. The van der Waals surface area contributed by atoms with Gasteiger partial charge in [-0.1, -0.05) is 17.7 Å². The zero-order valence-electron chi connectivity index (χ0n) is 17.3. The minimum Gasteiger partial charge on any atom is -0.340 e. The molecule has 2 aromatic heterocycles. The van der Waals surface area contributed by atoms with Crippen molar-refractivity contribution in [1.82, 2.24) is 15.0 Å². The number of pyridine rings is 1. The van der Waals surface area contributed by atoms with Crippen molar-refractivity contribution in [3.63, 3.8) is 0 Å². The number of nitrogens with zero attached hydrogens (tertiary/aromatic N) is 3. The van der Waals surface area contributed by atoms with E-state index in [2.05, 4.69) is 37.8 Å². The van der Waals surface area contributed by atoms with E-state index in [0.717, 1.165) is 17.1 Å². The fourth-order valence-corrected chi connectivity index (χ4v) is 2.94. The Morgan fingerprint density at radius 1 is 0.806 bits per heavy atom. The smallest absolute Gasteiger partial charge is 0.257 e. The summed E-state index contributed by atoms with van der Waals surface area (Å²) in [6, 6.07) is 20.8. The zero-order chi connectivity index (χ0) is 21.6. The molecule has 3 N–H and O–H groups in total. The van der Waals surface area contributed by atoms with Crippen LogP contribution >= 0.6 is 0 Å². The van der Waals surface area contributed by atoms with Gasteiger partial charge in [0.1, 0.15) is 5.82 Å². The maximum Gasteiger partial charge on any atom is 0.257 e. The third-order valence-electron chi connectivity index (χ3n) is 4.50. The van der Waals surface area contributed by atoms with Crippen molar-refractivity contribution < 1.29 is 4.79 Å². The van der Waals surface area contributed by atoms with Crippen LogP contribution in [-0.2, 0) is 0 Å². The summed E-state index contributed by atoms with van der Waals surface area (Å²) in [7, 11) is 0. The molecule has 0 aliphatic carbocycles. The number of anilines is 5. The summed E-state index contributed by atoms with van der Waals surface area (Å²) >= 11 is 0. The van der Waals surface area contributed by atoms with Crippen molar-refractivity contribution in [3.8, 4) is 0 Å². The van der Waals surface area contributed by atoms with Gasteiger partial charge in [-0.15, -0.1) is 0 Å². The van der Waals surface area contributed by atoms with Gasteiger partial charge in [0.25, 0.3) is 5.91 Å². The Kier molecular flexibility index (Phi) is 5.84. The molecule has 2 heterocycles. The van der Waals surface area contributed by atoms with Crippen LogP contribution < -0.4 is 16.0 Å². The molecule has 0 atom stereocenters. The van der Waals surface area contributed by atoms with Crippen LogP contribution in [-0.4, -0.2) is 20.9 Å². The molecule has 31 heavy (non-hydrogen) atoms. The molecular formula is C24H22N6O. The lowest BCUT2D eigenvalue weighted by Crippen LogP contribution is -2.11. The number of carbonyl (C=O) groups is 1. The van der Waals surface area contributed by atoms with Gasteiger partial charge in [-0.25, -0.2) is 4.98 Å². The van der Waals surface area contributed by atoms with Crippen LogP contribution in [0.25, 0.3) is 0 Å². The molecule has 4 rings (SSSR count). The Bertz CT molecular complexity index is 1180. The van der Waals surface area contributed by atoms with E-state index in [-0.39, 0.29) is 5.91 Å². The van der Waals surface area contributed by atoms with E-state index in [0.29, 0.717) is 23.0 Å². The molecule has 0 bridgehead atoms. The van der Waals surface area contributed by atoms with Gasteiger partial charge in [0.05, 0.1) is 5.56 Å². The first-order chi connectivity index (χ1) is 15.0. The molecule has 0 spiro atoms. The van der Waals surface area contributed by atoms with Crippen molar-refractivity contribution >= 4 is 34.7 Å². The van der Waals surface area contributed by atoms with E-state index in [9.17, 15) is 4.79 Å². The second-order valence-electron chi connectivity index (χ2n) is 7.11. The van der Waals surface area contributed by atoms with E-state index < -0.39 is 0 Å². The van der Waals surface area contributed by atoms with Crippen LogP contribution in [0.1, 0.15) is 21.6 Å². The Balaban J connectivity index is 1.43. The van der Waals surface area contributed by atoms with Gasteiger partial charge in [0.15, 0.2) is 0 Å². The summed E-state index contributed by atoms with van der Waals surface area (Å²) in [6.45, 7) is 3.97. The summed E-state index contributed by atoms with van der Waals surface area (Å²) in [5.41, 5.74) is 5.01. The lowest BCUT2D eigenvalue weighted by atomic mass is 10.2. The van der Waals surface area contributed by atoms with E-state index in [1.807, 2.05) is 61.5 Å². The minimum absolute atomic E-state index is 0.206. The van der Waals surface area contributed by atoms with Crippen molar-refractivity contribution in [1.29, 1.82) is 0 Å². The average Bonchev–Trinajstić information content (AvgIpc) is 2.77. The Hall–Kier alpha value is -4.26. The molecule has 0 fully saturated rings. The quantitative estimate of drug-likeness (QED) is 0.403. The first-order valence-corrected chi connectivity index (χ1v) is 9.83. The van der Waals surface area contributed by atoms with E-state index in [4.69, 9.17) is 0 Å². The molecule has 0 radical (unpaired) electrons. The van der Waals surface area contributed by atoms with Gasteiger partial charge in [-0.05, 0) is 62.4 Å². The van der Waals surface area contributed by atoms with Gasteiger partial charge >= 0.3 is 0 Å². The number of carbonyl (C=O) groups excluding carboxylic acids is 1. The van der Waals surface area contributed by atoms with Crippen LogP contribution in [0.4, 0.5) is 28.8 Å². The molecule has 0 aliphatic heterocycles. The van der Waals surface area contributed by atoms with Gasteiger partial charge in [-0.2, -0.15) is 4.98 Å². The SMILES string of the molecule is Cc1ccc(Nc2cc(C)nc(Nc3ccc(NC(=O)c4cccnc4)cc3)n2)cc1. The Labute approximate surface area is 180 Å². The fraction of sp³-hybridized carbons (Fsp3) is 0.0833. The number of hydrogen-bond acceptors (Lipinski definition) is 6. The highest BCUT2D eigenvalue weighted by molar-refractivity contribution is 6.04. The summed E-state index contributed by atoms with van der Waals surface area (Å²) < 4.78 is 0. The molecule has 0 saturated heterocycles. The molecule has 0 aliphatic rings. The number of hydrogen-bond donors (Lipinski definition) is 3.